The molecule has 1 aromatic rings. The fourth-order valence-corrected chi connectivity index (χ4v) is 2.12. The van der Waals surface area contributed by atoms with Crippen LogP contribution in [0, 0.1) is 0 Å². The van der Waals surface area contributed by atoms with Crippen LogP contribution in [0.1, 0.15) is 23.7 Å². The van der Waals surface area contributed by atoms with E-state index in [4.69, 9.17) is 0 Å². The number of carbonyl (C=O) groups excluding carboxylic acids is 1. The van der Waals surface area contributed by atoms with Crippen molar-refractivity contribution in [2.24, 2.45) is 0 Å². The van der Waals surface area contributed by atoms with Crippen molar-refractivity contribution in [3.63, 3.8) is 0 Å². The lowest BCUT2D eigenvalue weighted by Gasteiger charge is -2.09. The Hall–Kier alpha value is -0.900. The minimum Gasteiger partial charge on any atom is -0.298 e. The van der Waals surface area contributed by atoms with Crippen LogP contribution in [-0.4, -0.2) is 18.0 Å². The molecule has 0 aliphatic rings. The fourth-order valence-electron chi connectivity index (χ4n) is 1.03. The van der Waals surface area contributed by atoms with Crippen LogP contribution in [0.15, 0.2) is 29.2 Å². The number of benzene rings is 1. The van der Waals surface area contributed by atoms with Crippen LogP contribution in [0.3, 0.4) is 0 Å². The second kappa shape index (κ2) is 5.26. The first-order chi connectivity index (χ1) is 7.01. The molecule has 0 saturated heterocycles. The molecule has 0 amide bonds. The third-order valence-electron chi connectivity index (χ3n) is 1.80. The normalized spacial score (nSPS) is 11.4. The Kier molecular flexibility index (Phi) is 4.27. The molecule has 1 aromatic carbocycles. The molecule has 0 aliphatic carbocycles. The summed E-state index contributed by atoms with van der Waals surface area (Å²) in [5.74, 6) is -2.26. The number of carbonyl (C=O) groups is 1. The van der Waals surface area contributed by atoms with E-state index in [1.165, 1.54) is 11.8 Å². The van der Waals surface area contributed by atoms with Gasteiger partial charge in [0.05, 0.1) is 0 Å². The SMILES string of the molecule is CC(F)(F)CCSc1cccc(C=O)c1. The first kappa shape index (κ1) is 12.2. The molecule has 0 radical (unpaired) electrons. The third kappa shape index (κ3) is 4.93. The molecule has 0 aromatic heterocycles. The van der Waals surface area contributed by atoms with E-state index < -0.39 is 5.92 Å². The summed E-state index contributed by atoms with van der Waals surface area (Å²) in [6.45, 7) is 0.912. The van der Waals surface area contributed by atoms with Gasteiger partial charge in [0, 0.05) is 22.6 Å². The summed E-state index contributed by atoms with van der Waals surface area (Å²) in [6, 6.07) is 6.94. The minimum absolute atomic E-state index is 0.150. The lowest BCUT2D eigenvalue weighted by Crippen LogP contribution is -2.10. The van der Waals surface area contributed by atoms with Gasteiger partial charge in [0.25, 0.3) is 0 Å². The summed E-state index contributed by atoms with van der Waals surface area (Å²) < 4.78 is 25.0. The van der Waals surface area contributed by atoms with Crippen molar-refractivity contribution in [3.8, 4) is 0 Å². The molecule has 15 heavy (non-hydrogen) atoms. The molecule has 0 saturated carbocycles. The molecule has 0 spiro atoms. The second-order valence-electron chi connectivity index (χ2n) is 3.36. The summed E-state index contributed by atoms with van der Waals surface area (Å²) in [5, 5.41) is 0. The summed E-state index contributed by atoms with van der Waals surface area (Å²) in [7, 11) is 0. The van der Waals surface area contributed by atoms with Crippen molar-refractivity contribution >= 4 is 18.0 Å². The Balaban J connectivity index is 2.47. The summed E-state index contributed by atoms with van der Waals surface area (Å²) in [4.78, 5) is 11.3. The Bertz CT molecular complexity index is 334. The van der Waals surface area contributed by atoms with Crippen molar-refractivity contribution in [2.75, 3.05) is 5.75 Å². The fraction of sp³-hybridized carbons (Fsp3) is 0.364. The van der Waals surface area contributed by atoms with E-state index in [1.807, 2.05) is 6.07 Å². The van der Waals surface area contributed by atoms with Gasteiger partial charge in [-0.05, 0) is 19.1 Å². The first-order valence-corrected chi connectivity index (χ1v) is 5.56. The third-order valence-corrected chi connectivity index (χ3v) is 2.80. The molecular formula is C11H12F2OS. The molecule has 4 heteroatoms. The van der Waals surface area contributed by atoms with E-state index in [9.17, 15) is 13.6 Å². The highest BCUT2D eigenvalue weighted by Gasteiger charge is 2.19. The summed E-state index contributed by atoms with van der Waals surface area (Å²) in [6.07, 6.45) is 0.599. The van der Waals surface area contributed by atoms with Crippen LogP contribution in [0.4, 0.5) is 8.78 Å². The molecule has 0 unspecified atom stereocenters. The van der Waals surface area contributed by atoms with Gasteiger partial charge in [-0.25, -0.2) is 8.78 Å². The Morgan fingerprint density at radius 3 is 2.80 bits per heavy atom. The molecular weight excluding hydrogens is 218 g/mol. The average molecular weight is 230 g/mol. The van der Waals surface area contributed by atoms with Crippen molar-refractivity contribution < 1.29 is 13.6 Å². The number of rotatable bonds is 5. The van der Waals surface area contributed by atoms with Gasteiger partial charge in [-0.3, -0.25) is 4.79 Å². The van der Waals surface area contributed by atoms with Gasteiger partial charge in [-0.1, -0.05) is 12.1 Å². The Morgan fingerprint density at radius 1 is 1.47 bits per heavy atom. The van der Waals surface area contributed by atoms with Gasteiger partial charge in [0.1, 0.15) is 6.29 Å². The highest BCUT2D eigenvalue weighted by molar-refractivity contribution is 7.99. The number of thioether (sulfide) groups is 1. The van der Waals surface area contributed by atoms with Crippen LogP contribution in [0.5, 0.6) is 0 Å². The quantitative estimate of drug-likeness (QED) is 0.567. The van der Waals surface area contributed by atoms with Crippen LogP contribution in [0.2, 0.25) is 0 Å². The zero-order valence-corrected chi connectivity index (χ0v) is 9.19. The number of aldehydes is 1. The van der Waals surface area contributed by atoms with E-state index in [-0.39, 0.29) is 6.42 Å². The molecule has 0 N–H and O–H groups in total. The number of hydrogen-bond acceptors (Lipinski definition) is 2. The van der Waals surface area contributed by atoms with Crippen LogP contribution in [-0.2, 0) is 0 Å². The molecule has 1 rings (SSSR count). The molecule has 0 atom stereocenters. The van der Waals surface area contributed by atoms with E-state index in [1.54, 1.807) is 18.2 Å². The van der Waals surface area contributed by atoms with Crippen LogP contribution >= 0.6 is 11.8 Å². The van der Waals surface area contributed by atoms with Crippen molar-refractivity contribution in [1.29, 1.82) is 0 Å². The first-order valence-electron chi connectivity index (χ1n) is 4.57. The topological polar surface area (TPSA) is 17.1 Å². The molecule has 0 aliphatic heterocycles. The lowest BCUT2D eigenvalue weighted by molar-refractivity contribution is 0.0194. The van der Waals surface area contributed by atoms with Gasteiger partial charge in [-0.15, -0.1) is 11.8 Å². The molecule has 0 heterocycles. The zero-order chi connectivity index (χ0) is 11.3. The second-order valence-corrected chi connectivity index (χ2v) is 4.53. The minimum atomic E-state index is -2.62. The number of hydrogen-bond donors (Lipinski definition) is 0. The van der Waals surface area contributed by atoms with Crippen molar-refractivity contribution in [3.05, 3.63) is 29.8 Å². The van der Waals surface area contributed by atoms with Gasteiger partial charge in [0.2, 0.25) is 5.92 Å². The molecule has 0 fully saturated rings. The van der Waals surface area contributed by atoms with E-state index in [2.05, 4.69) is 0 Å². The Labute approximate surface area is 91.9 Å². The summed E-state index contributed by atoms with van der Waals surface area (Å²) in [5.41, 5.74) is 0.572. The van der Waals surface area contributed by atoms with Crippen LogP contribution in [0.25, 0.3) is 0 Å². The van der Waals surface area contributed by atoms with E-state index in [0.29, 0.717) is 11.3 Å². The van der Waals surface area contributed by atoms with Crippen LogP contribution < -0.4 is 0 Å². The maximum absolute atomic E-state index is 12.5. The predicted octanol–water partition coefficient (Wildman–Crippen LogP) is 3.64. The molecule has 82 valence electrons. The largest absolute Gasteiger partial charge is 0.298 e. The maximum Gasteiger partial charge on any atom is 0.246 e. The predicted molar refractivity (Wildman–Crippen MR) is 57.8 cm³/mol. The lowest BCUT2D eigenvalue weighted by atomic mass is 10.2. The summed E-state index contributed by atoms with van der Waals surface area (Å²) >= 11 is 1.34. The standard InChI is InChI=1S/C11H12F2OS/c1-11(12,13)5-6-15-10-4-2-3-9(7-10)8-14/h2-4,7-8H,5-6H2,1H3. The molecule has 0 bridgehead atoms. The number of halogens is 2. The maximum atomic E-state index is 12.5. The number of alkyl halides is 2. The van der Waals surface area contributed by atoms with Crippen molar-refractivity contribution in [1.82, 2.24) is 0 Å². The monoisotopic (exact) mass is 230 g/mol. The van der Waals surface area contributed by atoms with Gasteiger partial charge in [0.15, 0.2) is 0 Å². The Morgan fingerprint density at radius 2 is 2.20 bits per heavy atom. The smallest absolute Gasteiger partial charge is 0.246 e. The van der Waals surface area contributed by atoms with Gasteiger partial charge < -0.3 is 0 Å². The highest BCUT2D eigenvalue weighted by Crippen LogP contribution is 2.24. The molecule has 1 nitrogen and oxygen atoms in total. The zero-order valence-electron chi connectivity index (χ0n) is 8.37. The van der Waals surface area contributed by atoms with Crippen molar-refractivity contribution in [2.45, 2.75) is 24.2 Å². The average Bonchev–Trinajstić information content (AvgIpc) is 2.16. The van der Waals surface area contributed by atoms with Gasteiger partial charge >= 0.3 is 0 Å². The highest BCUT2D eigenvalue weighted by atomic mass is 32.2. The van der Waals surface area contributed by atoms with Gasteiger partial charge in [-0.2, -0.15) is 0 Å². The van der Waals surface area contributed by atoms with E-state index in [0.717, 1.165) is 18.1 Å². The van der Waals surface area contributed by atoms with E-state index >= 15 is 0 Å².